The van der Waals surface area contributed by atoms with Crippen molar-refractivity contribution in [1.82, 2.24) is 5.32 Å². The molecule has 3 nitrogen and oxygen atoms in total. The lowest BCUT2D eigenvalue weighted by molar-refractivity contribution is 0.0937. The Labute approximate surface area is 172 Å². The van der Waals surface area contributed by atoms with Crippen molar-refractivity contribution in [3.8, 4) is 0 Å². The predicted molar refractivity (Wildman–Crippen MR) is 117 cm³/mol. The zero-order chi connectivity index (χ0) is 21.0. The average Bonchev–Trinajstić information content (AvgIpc) is 2.71. The molecule has 3 aromatic rings. The van der Waals surface area contributed by atoms with Crippen LogP contribution in [0.1, 0.15) is 61.5 Å². The van der Waals surface area contributed by atoms with E-state index in [0.717, 1.165) is 22.3 Å². The molecular weight excluding hydrogens is 358 g/mol. The largest absolute Gasteiger partial charge is 0.346 e. The van der Waals surface area contributed by atoms with Gasteiger partial charge in [-0.2, -0.15) is 0 Å². The molecule has 0 fully saturated rings. The average molecular weight is 386 g/mol. The smallest absolute Gasteiger partial charge is 0.251 e. The third kappa shape index (κ3) is 5.00. The molecule has 3 aromatic carbocycles. The highest BCUT2D eigenvalue weighted by molar-refractivity contribution is 6.00. The molecule has 0 radical (unpaired) electrons. The van der Waals surface area contributed by atoms with E-state index in [1.165, 1.54) is 5.56 Å². The van der Waals surface area contributed by atoms with Crippen LogP contribution < -0.4 is 5.32 Å². The van der Waals surface area contributed by atoms with Crippen LogP contribution in [0.2, 0.25) is 0 Å². The second-order valence-electron chi connectivity index (χ2n) is 7.66. The minimum absolute atomic E-state index is 0.0599. The maximum absolute atomic E-state index is 12.7. The van der Waals surface area contributed by atoms with Crippen LogP contribution in [-0.4, -0.2) is 11.7 Å². The van der Waals surface area contributed by atoms with E-state index >= 15 is 0 Å². The van der Waals surface area contributed by atoms with Gasteiger partial charge < -0.3 is 5.32 Å². The summed E-state index contributed by atoms with van der Waals surface area (Å²) in [6.45, 7) is 8.11. The summed E-state index contributed by atoms with van der Waals surface area (Å²) in [6.07, 6.45) is 0.370. The molecular formula is C26H27NO2. The third-order valence-electron chi connectivity index (χ3n) is 5.29. The first kappa shape index (κ1) is 20.5. The predicted octanol–water partition coefficient (Wildman–Crippen LogP) is 5.53. The molecule has 0 saturated carbocycles. The Hall–Kier alpha value is -3.20. The molecule has 3 heteroatoms. The van der Waals surface area contributed by atoms with Gasteiger partial charge in [-0.15, -0.1) is 0 Å². The molecule has 29 heavy (non-hydrogen) atoms. The second kappa shape index (κ2) is 8.87. The Morgan fingerprint density at radius 3 is 1.97 bits per heavy atom. The maximum Gasteiger partial charge on any atom is 0.251 e. The molecule has 1 amide bonds. The molecule has 0 aliphatic rings. The number of hydrogen-bond donors (Lipinski definition) is 1. The van der Waals surface area contributed by atoms with Gasteiger partial charge in [0.1, 0.15) is 0 Å². The molecule has 0 aliphatic heterocycles. The van der Waals surface area contributed by atoms with E-state index < -0.39 is 0 Å². The highest BCUT2D eigenvalue weighted by Crippen LogP contribution is 2.19. The van der Waals surface area contributed by atoms with Crippen LogP contribution in [0.5, 0.6) is 0 Å². The summed E-state index contributed by atoms with van der Waals surface area (Å²) in [4.78, 5) is 25.3. The summed E-state index contributed by atoms with van der Waals surface area (Å²) in [7, 11) is 0. The summed E-state index contributed by atoms with van der Waals surface area (Å²) in [5.74, 6) is -0.0877. The molecule has 148 valence electrons. The number of nitrogens with one attached hydrogen (secondary N) is 1. The van der Waals surface area contributed by atoms with E-state index in [1.807, 2.05) is 51.1 Å². The maximum atomic E-state index is 12.7. The number of ketones is 1. The van der Waals surface area contributed by atoms with E-state index in [1.54, 1.807) is 24.3 Å². The quantitative estimate of drug-likeness (QED) is 0.567. The first-order valence-electron chi connectivity index (χ1n) is 9.91. The van der Waals surface area contributed by atoms with Crippen LogP contribution in [0, 0.1) is 20.8 Å². The van der Waals surface area contributed by atoms with Gasteiger partial charge in [-0.05, 0) is 62.1 Å². The van der Waals surface area contributed by atoms with Crippen LogP contribution >= 0.6 is 0 Å². The fraction of sp³-hybridized carbons (Fsp3) is 0.231. The van der Waals surface area contributed by atoms with Crippen LogP contribution in [0.4, 0.5) is 0 Å². The summed E-state index contributed by atoms with van der Waals surface area (Å²) < 4.78 is 0. The standard InChI is InChI=1S/C26H27NO2/c1-17-14-18(2)24(19(3)15-17)16-25(28)22-10-12-23(13-11-22)26(29)27-20(4)21-8-6-5-7-9-21/h5-15,20H,16H2,1-4H3,(H,27,29)/t20-/m1/s1. The Bertz CT molecular complexity index is 997. The molecule has 1 atom stereocenters. The number of carbonyl (C=O) groups is 2. The zero-order valence-corrected chi connectivity index (χ0v) is 17.5. The Balaban J connectivity index is 1.68. The van der Waals surface area contributed by atoms with Gasteiger partial charge >= 0.3 is 0 Å². The van der Waals surface area contributed by atoms with Crippen molar-refractivity contribution < 1.29 is 9.59 Å². The summed E-state index contributed by atoms with van der Waals surface area (Å²) in [6, 6.07) is 20.9. The lowest BCUT2D eigenvalue weighted by atomic mass is 9.93. The van der Waals surface area contributed by atoms with Gasteiger partial charge in [-0.3, -0.25) is 9.59 Å². The third-order valence-corrected chi connectivity index (χ3v) is 5.29. The molecule has 0 heterocycles. The monoisotopic (exact) mass is 385 g/mol. The van der Waals surface area contributed by atoms with Crippen molar-refractivity contribution in [2.75, 3.05) is 0 Å². The summed E-state index contributed by atoms with van der Waals surface area (Å²) in [5.41, 5.74) is 6.79. The number of aryl methyl sites for hydroxylation is 3. The second-order valence-corrected chi connectivity index (χ2v) is 7.66. The van der Waals surface area contributed by atoms with Crippen LogP contribution in [0.25, 0.3) is 0 Å². The fourth-order valence-electron chi connectivity index (χ4n) is 3.66. The Morgan fingerprint density at radius 1 is 0.828 bits per heavy atom. The zero-order valence-electron chi connectivity index (χ0n) is 17.5. The number of Topliss-reactive ketones (excluding diaryl/α,β-unsaturated/α-hetero) is 1. The van der Waals surface area contributed by atoms with Crippen molar-refractivity contribution >= 4 is 11.7 Å². The lowest BCUT2D eigenvalue weighted by Crippen LogP contribution is -2.26. The molecule has 0 spiro atoms. The molecule has 0 unspecified atom stereocenters. The fourth-order valence-corrected chi connectivity index (χ4v) is 3.66. The Morgan fingerprint density at radius 2 is 1.38 bits per heavy atom. The molecule has 0 saturated heterocycles. The van der Waals surface area contributed by atoms with E-state index in [0.29, 0.717) is 17.5 Å². The molecule has 0 aromatic heterocycles. The topological polar surface area (TPSA) is 46.2 Å². The van der Waals surface area contributed by atoms with E-state index in [-0.39, 0.29) is 17.7 Å². The van der Waals surface area contributed by atoms with Gasteiger partial charge in [-0.1, -0.05) is 60.2 Å². The molecule has 1 N–H and O–H groups in total. The SMILES string of the molecule is Cc1cc(C)c(CC(=O)c2ccc(C(=O)N[C@H](C)c3ccccc3)cc2)c(C)c1. The minimum Gasteiger partial charge on any atom is -0.346 e. The Kier molecular flexibility index (Phi) is 6.28. The number of rotatable bonds is 6. The first-order chi connectivity index (χ1) is 13.8. The van der Waals surface area contributed by atoms with E-state index in [2.05, 4.69) is 24.4 Å². The highest BCUT2D eigenvalue weighted by Gasteiger charge is 2.14. The van der Waals surface area contributed by atoms with Gasteiger partial charge in [0.2, 0.25) is 0 Å². The van der Waals surface area contributed by atoms with Gasteiger partial charge in [0, 0.05) is 17.5 Å². The summed E-state index contributed by atoms with van der Waals surface area (Å²) in [5, 5.41) is 3.00. The van der Waals surface area contributed by atoms with E-state index in [9.17, 15) is 9.59 Å². The van der Waals surface area contributed by atoms with Crippen molar-refractivity contribution in [2.45, 2.75) is 40.2 Å². The van der Waals surface area contributed by atoms with Crippen molar-refractivity contribution in [2.24, 2.45) is 0 Å². The number of benzene rings is 3. The van der Waals surface area contributed by atoms with Crippen molar-refractivity contribution in [3.05, 3.63) is 106 Å². The minimum atomic E-state index is -0.148. The van der Waals surface area contributed by atoms with Gasteiger partial charge in [0.15, 0.2) is 5.78 Å². The van der Waals surface area contributed by atoms with Gasteiger partial charge in [-0.25, -0.2) is 0 Å². The van der Waals surface area contributed by atoms with Crippen LogP contribution in [-0.2, 0) is 6.42 Å². The lowest BCUT2D eigenvalue weighted by Gasteiger charge is -2.14. The van der Waals surface area contributed by atoms with Crippen molar-refractivity contribution in [1.29, 1.82) is 0 Å². The molecule has 0 bridgehead atoms. The first-order valence-corrected chi connectivity index (χ1v) is 9.91. The number of carbonyl (C=O) groups excluding carboxylic acids is 2. The highest BCUT2D eigenvalue weighted by atomic mass is 16.1. The summed E-state index contributed by atoms with van der Waals surface area (Å²) >= 11 is 0. The van der Waals surface area contributed by atoms with Crippen LogP contribution in [0.3, 0.4) is 0 Å². The van der Waals surface area contributed by atoms with Crippen molar-refractivity contribution in [3.63, 3.8) is 0 Å². The van der Waals surface area contributed by atoms with E-state index in [4.69, 9.17) is 0 Å². The van der Waals surface area contributed by atoms with Crippen LogP contribution in [0.15, 0.2) is 66.7 Å². The molecule has 3 rings (SSSR count). The normalized spacial score (nSPS) is 11.7. The number of amides is 1. The molecule has 0 aliphatic carbocycles. The van der Waals surface area contributed by atoms with Gasteiger partial charge in [0.05, 0.1) is 6.04 Å². The number of hydrogen-bond acceptors (Lipinski definition) is 2. The van der Waals surface area contributed by atoms with Gasteiger partial charge in [0.25, 0.3) is 5.91 Å².